The summed E-state index contributed by atoms with van der Waals surface area (Å²) in [5.74, 6) is 0.186. The van der Waals surface area contributed by atoms with Crippen molar-refractivity contribution in [1.29, 1.82) is 0 Å². The van der Waals surface area contributed by atoms with E-state index in [1.165, 1.54) is 15.9 Å². The maximum atomic E-state index is 13.0. The fourth-order valence-electron chi connectivity index (χ4n) is 2.67. The van der Waals surface area contributed by atoms with Crippen LogP contribution in [-0.2, 0) is 17.8 Å². The van der Waals surface area contributed by atoms with Crippen LogP contribution in [0.15, 0.2) is 28.4 Å². The van der Waals surface area contributed by atoms with Gasteiger partial charge in [0.2, 0.25) is 5.91 Å². The first kappa shape index (κ1) is 17.9. The van der Waals surface area contributed by atoms with Gasteiger partial charge in [-0.3, -0.25) is 14.2 Å². The summed E-state index contributed by atoms with van der Waals surface area (Å²) in [5.41, 5.74) is 6.60. The molecule has 5 nitrogen and oxygen atoms in total. The van der Waals surface area contributed by atoms with Crippen molar-refractivity contribution in [2.45, 2.75) is 26.3 Å². The normalized spacial score (nSPS) is 11.2. The van der Waals surface area contributed by atoms with E-state index in [2.05, 4.69) is 4.98 Å². The van der Waals surface area contributed by atoms with Crippen LogP contribution in [0.1, 0.15) is 19.2 Å². The van der Waals surface area contributed by atoms with Crippen molar-refractivity contribution in [3.63, 3.8) is 0 Å². The number of aromatic nitrogens is 2. The van der Waals surface area contributed by atoms with Gasteiger partial charge in [-0.05, 0) is 17.7 Å². The average Bonchev–Trinajstić information content (AvgIpc) is 3.00. The van der Waals surface area contributed by atoms with Crippen LogP contribution in [0.5, 0.6) is 0 Å². The molecule has 2 heterocycles. The number of amides is 1. The van der Waals surface area contributed by atoms with E-state index in [0.717, 1.165) is 11.1 Å². The largest absolute Gasteiger partial charge is 0.370 e. The van der Waals surface area contributed by atoms with Crippen LogP contribution >= 0.6 is 34.5 Å². The molecule has 0 aliphatic heterocycles. The van der Waals surface area contributed by atoms with Gasteiger partial charge in [0, 0.05) is 30.3 Å². The number of carbonyl (C=O) groups is 1. The van der Waals surface area contributed by atoms with Crippen molar-refractivity contribution in [3.8, 4) is 11.1 Å². The number of rotatable bonds is 5. The molecule has 130 valence electrons. The van der Waals surface area contributed by atoms with Crippen LogP contribution < -0.4 is 11.3 Å². The first-order valence-corrected chi connectivity index (χ1v) is 9.30. The van der Waals surface area contributed by atoms with Crippen molar-refractivity contribution in [2.75, 3.05) is 0 Å². The molecule has 0 radical (unpaired) electrons. The lowest BCUT2D eigenvalue weighted by Crippen LogP contribution is -2.27. The second-order valence-corrected chi connectivity index (χ2v) is 7.19. The Morgan fingerprint density at radius 1 is 1.32 bits per heavy atom. The monoisotopic (exact) mass is 395 g/mol. The molecule has 1 aromatic carbocycles. The molecule has 0 saturated carbocycles. The SMILES string of the molecule is CCc1nc2scc(-c3ccc(Cl)c(Cl)c3)c2c(=O)n1CCC(N)=O. The summed E-state index contributed by atoms with van der Waals surface area (Å²) < 4.78 is 1.53. The Balaban J connectivity index is 2.22. The quantitative estimate of drug-likeness (QED) is 0.711. The topological polar surface area (TPSA) is 78.0 Å². The lowest BCUT2D eigenvalue weighted by molar-refractivity contribution is -0.118. The van der Waals surface area contributed by atoms with E-state index >= 15 is 0 Å². The molecule has 2 N–H and O–H groups in total. The molecule has 0 unspecified atom stereocenters. The van der Waals surface area contributed by atoms with Gasteiger partial charge in [-0.1, -0.05) is 36.2 Å². The molecule has 0 saturated heterocycles. The first-order chi connectivity index (χ1) is 11.9. The zero-order chi connectivity index (χ0) is 18.1. The average molecular weight is 396 g/mol. The fraction of sp³-hybridized carbons (Fsp3) is 0.235. The molecule has 3 rings (SSSR count). The number of nitrogens with two attached hydrogens (primary N) is 1. The molecule has 25 heavy (non-hydrogen) atoms. The molecule has 0 bridgehead atoms. The number of halogens is 2. The molecule has 0 aliphatic rings. The van der Waals surface area contributed by atoms with Gasteiger partial charge in [0.25, 0.3) is 5.56 Å². The number of hydrogen-bond acceptors (Lipinski definition) is 4. The minimum absolute atomic E-state index is 0.0896. The highest BCUT2D eigenvalue weighted by atomic mass is 35.5. The van der Waals surface area contributed by atoms with Gasteiger partial charge < -0.3 is 5.73 Å². The molecule has 3 aromatic rings. The van der Waals surface area contributed by atoms with E-state index in [9.17, 15) is 9.59 Å². The van der Waals surface area contributed by atoms with E-state index in [1.54, 1.807) is 12.1 Å². The molecule has 8 heteroatoms. The molecule has 0 aliphatic carbocycles. The molecule has 0 spiro atoms. The predicted molar refractivity (Wildman–Crippen MR) is 103 cm³/mol. The van der Waals surface area contributed by atoms with E-state index in [-0.39, 0.29) is 18.5 Å². The summed E-state index contributed by atoms with van der Waals surface area (Å²) in [5, 5.41) is 3.28. The van der Waals surface area contributed by atoms with Crippen LogP contribution in [0, 0.1) is 0 Å². The Labute approximate surface area is 158 Å². The number of fused-ring (bicyclic) bond motifs is 1. The second kappa shape index (κ2) is 7.15. The van der Waals surface area contributed by atoms with E-state index in [1.807, 2.05) is 18.4 Å². The van der Waals surface area contributed by atoms with Crippen LogP contribution in [-0.4, -0.2) is 15.5 Å². The Kier molecular flexibility index (Phi) is 5.13. The third-order valence-electron chi connectivity index (χ3n) is 3.90. The Hall–Kier alpha value is -1.89. The van der Waals surface area contributed by atoms with E-state index in [4.69, 9.17) is 28.9 Å². The van der Waals surface area contributed by atoms with Crippen molar-refractivity contribution in [1.82, 2.24) is 9.55 Å². The Bertz CT molecular complexity index is 1030. The number of hydrogen-bond donors (Lipinski definition) is 1. The number of primary amides is 1. The molecule has 0 fully saturated rings. The van der Waals surface area contributed by atoms with Crippen molar-refractivity contribution in [2.24, 2.45) is 5.73 Å². The van der Waals surface area contributed by atoms with Crippen LogP contribution in [0.3, 0.4) is 0 Å². The third kappa shape index (κ3) is 3.42. The second-order valence-electron chi connectivity index (χ2n) is 5.51. The maximum Gasteiger partial charge on any atom is 0.262 e. The molecular formula is C17H15Cl2N3O2S. The number of carbonyl (C=O) groups excluding carboxylic acids is 1. The molecule has 0 atom stereocenters. The predicted octanol–water partition coefficient (Wildman–Crippen LogP) is 3.87. The highest BCUT2D eigenvalue weighted by Gasteiger charge is 2.17. The van der Waals surface area contributed by atoms with E-state index < -0.39 is 5.91 Å². The van der Waals surface area contributed by atoms with Gasteiger partial charge in [0.15, 0.2) is 0 Å². The summed E-state index contributed by atoms with van der Waals surface area (Å²) in [7, 11) is 0. The molecule has 2 aromatic heterocycles. The minimum Gasteiger partial charge on any atom is -0.370 e. The zero-order valence-corrected chi connectivity index (χ0v) is 15.7. The summed E-state index contributed by atoms with van der Waals surface area (Å²) in [4.78, 5) is 29.4. The molecule has 1 amide bonds. The van der Waals surface area contributed by atoms with Crippen LogP contribution in [0.25, 0.3) is 21.3 Å². The Morgan fingerprint density at radius 3 is 2.72 bits per heavy atom. The van der Waals surface area contributed by atoms with E-state index in [0.29, 0.717) is 32.5 Å². The number of benzene rings is 1. The smallest absolute Gasteiger partial charge is 0.262 e. The van der Waals surface area contributed by atoms with Crippen molar-refractivity contribution >= 4 is 50.7 Å². The standard InChI is InChI=1S/C17H15Cl2N3O2S/c1-2-14-21-16-15(17(24)22(14)6-5-13(20)23)10(8-25-16)9-3-4-11(18)12(19)7-9/h3-4,7-8H,2,5-6H2,1H3,(H2,20,23). The highest BCUT2D eigenvalue weighted by molar-refractivity contribution is 7.17. The van der Waals surface area contributed by atoms with Crippen molar-refractivity contribution < 1.29 is 4.79 Å². The lowest BCUT2D eigenvalue weighted by atomic mass is 10.1. The summed E-state index contributed by atoms with van der Waals surface area (Å²) in [6.07, 6.45) is 0.677. The number of thiophene rings is 1. The molecular weight excluding hydrogens is 381 g/mol. The van der Waals surface area contributed by atoms with Gasteiger partial charge in [-0.25, -0.2) is 4.98 Å². The van der Waals surface area contributed by atoms with Crippen LogP contribution in [0.2, 0.25) is 10.0 Å². The summed E-state index contributed by atoms with van der Waals surface area (Å²) >= 11 is 13.5. The summed E-state index contributed by atoms with van der Waals surface area (Å²) in [6, 6.07) is 5.24. The maximum absolute atomic E-state index is 13.0. The fourth-order valence-corrected chi connectivity index (χ4v) is 3.92. The number of nitrogens with zero attached hydrogens (tertiary/aromatic N) is 2. The Morgan fingerprint density at radius 2 is 2.08 bits per heavy atom. The minimum atomic E-state index is -0.455. The number of aryl methyl sites for hydroxylation is 1. The van der Waals surface area contributed by atoms with Crippen molar-refractivity contribution in [3.05, 3.63) is 49.8 Å². The summed E-state index contributed by atoms with van der Waals surface area (Å²) in [6.45, 7) is 2.14. The van der Waals surface area contributed by atoms with Gasteiger partial charge in [-0.2, -0.15) is 0 Å². The third-order valence-corrected chi connectivity index (χ3v) is 5.51. The van der Waals surface area contributed by atoms with Gasteiger partial charge in [0.1, 0.15) is 10.7 Å². The van der Waals surface area contributed by atoms with Gasteiger partial charge >= 0.3 is 0 Å². The van der Waals surface area contributed by atoms with Gasteiger partial charge in [0.05, 0.1) is 15.4 Å². The zero-order valence-electron chi connectivity index (χ0n) is 13.4. The lowest BCUT2D eigenvalue weighted by Gasteiger charge is -2.11. The highest BCUT2D eigenvalue weighted by Crippen LogP contribution is 2.34. The first-order valence-electron chi connectivity index (χ1n) is 7.67. The van der Waals surface area contributed by atoms with Gasteiger partial charge in [-0.15, -0.1) is 11.3 Å². The van der Waals surface area contributed by atoms with Crippen LogP contribution in [0.4, 0.5) is 0 Å².